The fourth-order valence-corrected chi connectivity index (χ4v) is 1.73. The summed E-state index contributed by atoms with van der Waals surface area (Å²) in [7, 11) is 0. The van der Waals surface area contributed by atoms with Crippen LogP contribution in [0.1, 0.15) is 18.1 Å². The Morgan fingerprint density at radius 2 is 2.38 bits per heavy atom. The van der Waals surface area contributed by atoms with Gasteiger partial charge in [0.05, 0.1) is 0 Å². The van der Waals surface area contributed by atoms with Crippen molar-refractivity contribution < 1.29 is 4.52 Å². The van der Waals surface area contributed by atoms with Crippen LogP contribution in [0.2, 0.25) is 0 Å². The number of allylic oxidation sites excluding steroid dienone is 4. The van der Waals surface area contributed by atoms with Crippen molar-refractivity contribution in [3.05, 3.63) is 29.9 Å². The topological polar surface area (TPSA) is 38.9 Å². The predicted molar refractivity (Wildman–Crippen MR) is 47.7 cm³/mol. The van der Waals surface area contributed by atoms with E-state index < -0.39 is 0 Å². The Morgan fingerprint density at radius 3 is 3.08 bits per heavy atom. The molecule has 1 heterocycles. The smallest absolute Gasteiger partial charge is 0.223 e. The molecule has 0 amide bonds. The molecule has 0 saturated heterocycles. The van der Waals surface area contributed by atoms with Crippen LogP contribution in [0.25, 0.3) is 5.57 Å². The van der Waals surface area contributed by atoms with Gasteiger partial charge in [0.25, 0.3) is 0 Å². The molecule has 0 bridgehead atoms. The first-order valence-electron chi connectivity index (χ1n) is 4.53. The molecule has 1 saturated carbocycles. The van der Waals surface area contributed by atoms with Gasteiger partial charge in [-0.15, -0.1) is 0 Å². The van der Waals surface area contributed by atoms with Crippen molar-refractivity contribution in [3.63, 3.8) is 0 Å². The number of aromatic nitrogens is 2. The van der Waals surface area contributed by atoms with Crippen LogP contribution < -0.4 is 0 Å². The highest BCUT2D eigenvalue weighted by atomic mass is 16.5. The van der Waals surface area contributed by atoms with Crippen LogP contribution in [-0.4, -0.2) is 10.1 Å². The van der Waals surface area contributed by atoms with Crippen LogP contribution in [0.15, 0.2) is 22.8 Å². The lowest BCUT2D eigenvalue weighted by atomic mass is 10.1. The maximum Gasteiger partial charge on any atom is 0.223 e. The summed E-state index contributed by atoms with van der Waals surface area (Å²) in [5.74, 6) is 2.87. The average molecular weight is 174 g/mol. The SMILES string of the molecule is Cc1nc(C2=CC3CC3C=C2)no1. The van der Waals surface area contributed by atoms with E-state index in [-0.39, 0.29) is 0 Å². The standard InChI is InChI=1S/C10H10N2O/c1-6-11-10(12-13-6)8-3-2-7-4-9(7)5-8/h2-3,5,7,9H,4H2,1H3. The molecule has 0 spiro atoms. The zero-order chi connectivity index (χ0) is 8.84. The third-order valence-electron chi connectivity index (χ3n) is 2.59. The van der Waals surface area contributed by atoms with Gasteiger partial charge in [0.15, 0.2) is 0 Å². The van der Waals surface area contributed by atoms with Gasteiger partial charge in [-0.25, -0.2) is 0 Å². The molecule has 3 nitrogen and oxygen atoms in total. The maximum absolute atomic E-state index is 4.93. The highest BCUT2D eigenvalue weighted by molar-refractivity contribution is 5.71. The second-order valence-corrected chi connectivity index (χ2v) is 3.68. The summed E-state index contributed by atoms with van der Waals surface area (Å²) in [5, 5.41) is 3.89. The molecule has 13 heavy (non-hydrogen) atoms. The number of aryl methyl sites for hydroxylation is 1. The normalized spacial score (nSPS) is 29.8. The highest BCUT2D eigenvalue weighted by Crippen LogP contribution is 2.45. The van der Waals surface area contributed by atoms with E-state index in [0.717, 1.165) is 23.2 Å². The first-order chi connectivity index (χ1) is 6.33. The highest BCUT2D eigenvalue weighted by Gasteiger charge is 2.35. The molecule has 3 heteroatoms. The van der Waals surface area contributed by atoms with Gasteiger partial charge in [0.1, 0.15) is 0 Å². The molecule has 2 aliphatic carbocycles. The average Bonchev–Trinajstić information content (AvgIpc) is 2.79. The van der Waals surface area contributed by atoms with Gasteiger partial charge in [0.2, 0.25) is 11.7 Å². The lowest BCUT2D eigenvalue weighted by Crippen LogP contribution is -1.90. The molecule has 3 rings (SSSR count). The Hall–Kier alpha value is -1.38. The summed E-state index contributed by atoms with van der Waals surface area (Å²) in [6, 6.07) is 0. The second kappa shape index (κ2) is 2.31. The van der Waals surface area contributed by atoms with Crippen molar-refractivity contribution in [2.24, 2.45) is 11.8 Å². The number of hydrogen-bond donors (Lipinski definition) is 0. The summed E-state index contributed by atoms with van der Waals surface area (Å²) in [6.45, 7) is 1.81. The quantitative estimate of drug-likeness (QED) is 0.653. The first-order valence-corrected chi connectivity index (χ1v) is 4.53. The summed E-state index contributed by atoms with van der Waals surface area (Å²) >= 11 is 0. The van der Waals surface area contributed by atoms with Gasteiger partial charge in [-0.3, -0.25) is 0 Å². The Bertz CT molecular complexity index is 403. The summed E-state index contributed by atoms with van der Waals surface area (Å²) in [6.07, 6.45) is 7.87. The molecule has 1 aromatic rings. The first kappa shape index (κ1) is 7.06. The molecule has 1 fully saturated rings. The summed E-state index contributed by atoms with van der Waals surface area (Å²) in [5.41, 5.74) is 1.11. The molecule has 2 atom stereocenters. The van der Waals surface area contributed by atoms with Crippen LogP contribution in [0.4, 0.5) is 0 Å². The van der Waals surface area contributed by atoms with E-state index in [4.69, 9.17) is 4.52 Å². The number of hydrogen-bond acceptors (Lipinski definition) is 3. The van der Waals surface area contributed by atoms with Crippen molar-refractivity contribution in [1.82, 2.24) is 10.1 Å². The minimum atomic E-state index is 0.627. The molecule has 0 aliphatic heterocycles. The minimum Gasteiger partial charge on any atom is -0.339 e. The van der Waals surface area contributed by atoms with Crippen LogP contribution in [0.5, 0.6) is 0 Å². The molecule has 0 aromatic carbocycles. The molecule has 2 aliphatic rings. The monoisotopic (exact) mass is 174 g/mol. The van der Waals surface area contributed by atoms with E-state index in [9.17, 15) is 0 Å². The second-order valence-electron chi connectivity index (χ2n) is 3.68. The Morgan fingerprint density at radius 1 is 1.46 bits per heavy atom. The molecule has 0 radical (unpaired) electrons. The van der Waals surface area contributed by atoms with Gasteiger partial charge >= 0.3 is 0 Å². The molecule has 2 unspecified atom stereocenters. The number of rotatable bonds is 1. The van der Waals surface area contributed by atoms with Gasteiger partial charge in [-0.1, -0.05) is 23.4 Å². The summed E-state index contributed by atoms with van der Waals surface area (Å²) < 4.78 is 4.93. The fraction of sp³-hybridized carbons (Fsp3) is 0.400. The minimum absolute atomic E-state index is 0.627. The van der Waals surface area contributed by atoms with Crippen molar-refractivity contribution >= 4 is 5.57 Å². The lowest BCUT2D eigenvalue weighted by Gasteiger charge is -1.99. The van der Waals surface area contributed by atoms with E-state index in [1.165, 1.54) is 6.42 Å². The van der Waals surface area contributed by atoms with Crippen LogP contribution in [0.3, 0.4) is 0 Å². The summed E-state index contributed by atoms with van der Waals surface area (Å²) in [4.78, 5) is 4.19. The van der Waals surface area contributed by atoms with Crippen molar-refractivity contribution in [3.8, 4) is 0 Å². The molecular weight excluding hydrogens is 164 g/mol. The van der Waals surface area contributed by atoms with Crippen molar-refractivity contribution in [1.29, 1.82) is 0 Å². The zero-order valence-electron chi connectivity index (χ0n) is 7.40. The Balaban J connectivity index is 1.97. The zero-order valence-corrected chi connectivity index (χ0v) is 7.40. The van der Waals surface area contributed by atoms with Crippen LogP contribution in [0, 0.1) is 18.8 Å². The third-order valence-corrected chi connectivity index (χ3v) is 2.59. The fourth-order valence-electron chi connectivity index (χ4n) is 1.73. The Labute approximate surface area is 76.1 Å². The van der Waals surface area contributed by atoms with E-state index in [1.807, 2.05) is 6.92 Å². The van der Waals surface area contributed by atoms with Crippen molar-refractivity contribution in [2.45, 2.75) is 13.3 Å². The largest absolute Gasteiger partial charge is 0.339 e. The van der Waals surface area contributed by atoms with Gasteiger partial charge in [-0.05, 0) is 18.3 Å². The van der Waals surface area contributed by atoms with E-state index in [1.54, 1.807) is 0 Å². The number of nitrogens with zero attached hydrogens (tertiary/aromatic N) is 2. The van der Waals surface area contributed by atoms with E-state index in [0.29, 0.717) is 5.89 Å². The maximum atomic E-state index is 4.93. The van der Waals surface area contributed by atoms with Gasteiger partial charge < -0.3 is 4.52 Å². The lowest BCUT2D eigenvalue weighted by molar-refractivity contribution is 0.391. The number of fused-ring (bicyclic) bond motifs is 1. The molecule has 0 N–H and O–H groups in total. The third kappa shape index (κ3) is 1.11. The van der Waals surface area contributed by atoms with E-state index in [2.05, 4.69) is 28.4 Å². The van der Waals surface area contributed by atoms with Gasteiger partial charge in [0, 0.05) is 12.5 Å². The van der Waals surface area contributed by atoms with E-state index >= 15 is 0 Å². The molecule has 1 aromatic heterocycles. The van der Waals surface area contributed by atoms with Crippen LogP contribution in [-0.2, 0) is 0 Å². The van der Waals surface area contributed by atoms with Crippen molar-refractivity contribution in [2.75, 3.05) is 0 Å². The van der Waals surface area contributed by atoms with Crippen LogP contribution >= 0.6 is 0 Å². The van der Waals surface area contributed by atoms with Gasteiger partial charge in [-0.2, -0.15) is 4.98 Å². The molecule has 66 valence electrons. The Kier molecular flexibility index (Phi) is 1.26. The molecular formula is C10H10N2O. The predicted octanol–water partition coefficient (Wildman–Crippen LogP) is 1.97.